The minimum atomic E-state index is -1.39. The second kappa shape index (κ2) is 12.6. The topological polar surface area (TPSA) is 116 Å². The first-order valence-corrected chi connectivity index (χ1v) is 14.3. The van der Waals surface area contributed by atoms with Crippen molar-refractivity contribution in [2.45, 2.75) is 52.0 Å². The summed E-state index contributed by atoms with van der Waals surface area (Å²) in [7, 11) is 1.53. The molecule has 3 aromatic rings. The summed E-state index contributed by atoms with van der Waals surface area (Å²) < 4.78 is 16.6. The lowest BCUT2D eigenvalue weighted by molar-refractivity contribution is -0.153. The summed E-state index contributed by atoms with van der Waals surface area (Å²) >= 11 is 1.32. The standard InChI is InChI=1S/C31H35N3O6S/c1-7-39-28(36)26-18(3)32-19(4)31(30(37)40-8-2,27(26)21-12-10-9-11-13-21)29-34-24(17-41-29)22-14-15-25(38-6)23(16-22)33-20(5)35/h9-17,19,27,32H,7-8H2,1-6H3,(H,33,35). The number of methoxy groups -OCH3 is 1. The first-order valence-electron chi connectivity index (χ1n) is 13.5. The zero-order valence-corrected chi connectivity index (χ0v) is 24.9. The van der Waals surface area contributed by atoms with Gasteiger partial charge in [-0.1, -0.05) is 30.3 Å². The zero-order valence-electron chi connectivity index (χ0n) is 24.1. The number of carbonyl (C=O) groups excluding carboxylic acids is 3. The van der Waals surface area contributed by atoms with Crippen molar-refractivity contribution >= 4 is 34.9 Å². The molecule has 4 rings (SSSR count). The molecule has 2 N–H and O–H groups in total. The van der Waals surface area contributed by atoms with Crippen LogP contribution >= 0.6 is 11.3 Å². The number of carbonyl (C=O) groups is 3. The number of nitrogens with zero attached hydrogens (tertiary/aromatic N) is 1. The van der Waals surface area contributed by atoms with E-state index in [0.717, 1.165) is 11.1 Å². The second-order valence-electron chi connectivity index (χ2n) is 9.69. The molecule has 216 valence electrons. The van der Waals surface area contributed by atoms with Crippen LogP contribution in [0.2, 0.25) is 0 Å². The molecule has 0 radical (unpaired) electrons. The van der Waals surface area contributed by atoms with Crippen molar-refractivity contribution in [3.63, 3.8) is 0 Å². The van der Waals surface area contributed by atoms with Crippen LogP contribution < -0.4 is 15.4 Å². The van der Waals surface area contributed by atoms with Crippen LogP contribution in [0.5, 0.6) is 5.75 Å². The Bertz CT molecular complexity index is 1470. The number of benzene rings is 2. The minimum absolute atomic E-state index is 0.156. The fourth-order valence-corrected chi connectivity index (χ4v) is 6.59. The molecule has 0 bridgehead atoms. The molecule has 2 aromatic carbocycles. The number of aromatic nitrogens is 1. The van der Waals surface area contributed by atoms with Crippen molar-refractivity contribution in [3.8, 4) is 17.0 Å². The molecule has 3 unspecified atom stereocenters. The van der Waals surface area contributed by atoms with Gasteiger partial charge in [-0.05, 0) is 51.5 Å². The molecule has 3 atom stereocenters. The number of hydrogen-bond donors (Lipinski definition) is 2. The van der Waals surface area contributed by atoms with E-state index in [2.05, 4.69) is 10.6 Å². The molecular weight excluding hydrogens is 542 g/mol. The first-order chi connectivity index (χ1) is 19.7. The predicted molar refractivity (Wildman–Crippen MR) is 158 cm³/mol. The van der Waals surface area contributed by atoms with Crippen LogP contribution in [0.1, 0.15) is 51.1 Å². The summed E-state index contributed by atoms with van der Waals surface area (Å²) in [6, 6.07) is 14.3. The molecule has 1 amide bonds. The number of ether oxygens (including phenoxy) is 3. The lowest BCUT2D eigenvalue weighted by Gasteiger charge is -2.46. The van der Waals surface area contributed by atoms with E-state index in [0.29, 0.717) is 33.4 Å². The largest absolute Gasteiger partial charge is 0.495 e. The molecular formula is C31H35N3O6S. The molecule has 41 heavy (non-hydrogen) atoms. The maximum Gasteiger partial charge on any atom is 0.336 e. The maximum atomic E-state index is 14.2. The summed E-state index contributed by atoms with van der Waals surface area (Å²) in [5.74, 6) is -1.45. The molecule has 0 spiro atoms. The molecule has 2 heterocycles. The average molecular weight is 578 g/mol. The highest BCUT2D eigenvalue weighted by Crippen LogP contribution is 2.52. The van der Waals surface area contributed by atoms with Crippen LogP contribution in [-0.2, 0) is 29.3 Å². The van der Waals surface area contributed by atoms with Gasteiger partial charge in [-0.25, -0.2) is 9.78 Å². The van der Waals surface area contributed by atoms with E-state index in [1.807, 2.05) is 55.6 Å². The Kier molecular flexibility index (Phi) is 9.12. The monoisotopic (exact) mass is 577 g/mol. The number of thiazole rings is 1. The van der Waals surface area contributed by atoms with Crippen LogP contribution in [0.15, 0.2) is 65.2 Å². The fourth-order valence-electron chi connectivity index (χ4n) is 5.46. The van der Waals surface area contributed by atoms with Crippen LogP contribution in [0.25, 0.3) is 11.3 Å². The quantitative estimate of drug-likeness (QED) is 0.334. The van der Waals surface area contributed by atoms with Crippen molar-refractivity contribution in [1.82, 2.24) is 10.3 Å². The summed E-state index contributed by atoms with van der Waals surface area (Å²) in [5, 5.41) is 8.51. The minimum Gasteiger partial charge on any atom is -0.495 e. The molecule has 0 aliphatic carbocycles. The van der Waals surface area contributed by atoms with Gasteiger partial charge in [0, 0.05) is 35.5 Å². The Morgan fingerprint density at radius 3 is 2.41 bits per heavy atom. The lowest BCUT2D eigenvalue weighted by Crippen LogP contribution is -2.60. The van der Waals surface area contributed by atoms with Crippen molar-refractivity contribution in [3.05, 3.63) is 75.8 Å². The third-order valence-electron chi connectivity index (χ3n) is 7.17. The third-order valence-corrected chi connectivity index (χ3v) is 8.16. The number of esters is 2. The van der Waals surface area contributed by atoms with E-state index in [4.69, 9.17) is 19.2 Å². The molecule has 10 heteroatoms. The van der Waals surface area contributed by atoms with E-state index in [-0.39, 0.29) is 19.1 Å². The van der Waals surface area contributed by atoms with E-state index >= 15 is 0 Å². The van der Waals surface area contributed by atoms with Crippen LogP contribution in [0, 0.1) is 0 Å². The number of anilines is 1. The number of nitrogens with one attached hydrogen (secondary N) is 2. The Hall–Kier alpha value is -4.18. The third kappa shape index (κ3) is 5.56. The Morgan fingerprint density at radius 1 is 1.07 bits per heavy atom. The highest BCUT2D eigenvalue weighted by atomic mass is 32.1. The van der Waals surface area contributed by atoms with E-state index in [1.165, 1.54) is 25.4 Å². The van der Waals surface area contributed by atoms with Gasteiger partial charge in [0.15, 0.2) is 5.41 Å². The van der Waals surface area contributed by atoms with Gasteiger partial charge in [0.05, 0.1) is 37.3 Å². The molecule has 1 aliphatic rings. The van der Waals surface area contributed by atoms with E-state index in [9.17, 15) is 14.4 Å². The molecule has 1 aliphatic heterocycles. The highest BCUT2D eigenvalue weighted by molar-refractivity contribution is 7.10. The second-order valence-corrected chi connectivity index (χ2v) is 10.6. The van der Waals surface area contributed by atoms with Crippen LogP contribution in [0.4, 0.5) is 5.69 Å². The average Bonchev–Trinajstić information content (AvgIpc) is 3.43. The lowest BCUT2D eigenvalue weighted by atomic mass is 9.62. The fraction of sp³-hybridized carbons (Fsp3) is 0.355. The van der Waals surface area contributed by atoms with Gasteiger partial charge in [-0.15, -0.1) is 11.3 Å². The van der Waals surface area contributed by atoms with Crippen molar-refractivity contribution in [1.29, 1.82) is 0 Å². The van der Waals surface area contributed by atoms with Gasteiger partial charge in [-0.2, -0.15) is 0 Å². The van der Waals surface area contributed by atoms with Crippen LogP contribution in [0.3, 0.4) is 0 Å². The van der Waals surface area contributed by atoms with Gasteiger partial charge in [0.2, 0.25) is 5.91 Å². The molecule has 0 saturated carbocycles. The number of rotatable bonds is 9. The summed E-state index contributed by atoms with van der Waals surface area (Å²) in [6.45, 7) is 9.00. The van der Waals surface area contributed by atoms with E-state index < -0.39 is 29.3 Å². The number of hydrogen-bond acceptors (Lipinski definition) is 9. The van der Waals surface area contributed by atoms with Gasteiger partial charge < -0.3 is 24.8 Å². The van der Waals surface area contributed by atoms with Gasteiger partial charge in [0.25, 0.3) is 0 Å². The van der Waals surface area contributed by atoms with Gasteiger partial charge in [0.1, 0.15) is 10.8 Å². The highest BCUT2D eigenvalue weighted by Gasteiger charge is 2.60. The van der Waals surface area contributed by atoms with Crippen LogP contribution in [-0.4, -0.2) is 49.2 Å². The van der Waals surface area contributed by atoms with Crippen molar-refractivity contribution in [2.24, 2.45) is 0 Å². The molecule has 1 aromatic heterocycles. The smallest absolute Gasteiger partial charge is 0.336 e. The Balaban J connectivity index is 1.96. The first kappa shape index (κ1) is 29.8. The maximum absolute atomic E-state index is 14.2. The summed E-state index contributed by atoms with van der Waals surface area (Å²) in [6.07, 6.45) is 0. The van der Waals surface area contributed by atoms with Gasteiger partial charge >= 0.3 is 11.9 Å². The van der Waals surface area contributed by atoms with E-state index in [1.54, 1.807) is 26.0 Å². The Labute approximate surface area is 243 Å². The molecule has 0 saturated heterocycles. The predicted octanol–water partition coefficient (Wildman–Crippen LogP) is 5.19. The summed E-state index contributed by atoms with van der Waals surface area (Å²) in [4.78, 5) is 44.5. The van der Waals surface area contributed by atoms with Gasteiger partial charge in [-0.3, -0.25) is 9.59 Å². The number of amides is 1. The number of allylic oxidation sites excluding steroid dienone is 1. The van der Waals surface area contributed by atoms with Crippen molar-refractivity contribution < 1.29 is 28.6 Å². The normalized spacial score (nSPS) is 20.1. The SMILES string of the molecule is CCOC(=O)C1=C(C)NC(C)C(C(=O)OCC)(c2nc(-c3ccc(OC)c(NC(C)=O)c3)cs2)C1c1ccccc1. The molecule has 0 fully saturated rings. The molecule has 9 nitrogen and oxygen atoms in total. The van der Waals surface area contributed by atoms with Crippen molar-refractivity contribution in [2.75, 3.05) is 25.6 Å². The Morgan fingerprint density at radius 2 is 1.78 bits per heavy atom. The summed E-state index contributed by atoms with van der Waals surface area (Å²) in [5.41, 5.74) is 2.20. The zero-order chi connectivity index (χ0) is 29.7.